The van der Waals surface area contributed by atoms with Crippen molar-refractivity contribution in [3.8, 4) is 0 Å². The monoisotopic (exact) mass is 157 g/mol. The van der Waals surface area contributed by atoms with Crippen LogP contribution in [0.1, 0.15) is 6.42 Å². The van der Waals surface area contributed by atoms with Crippen molar-refractivity contribution in [2.24, 2.45) is 0 Å². The summed E-state index contributed by atoms with van der Waals surface area (Å²) in [6, 6.07) is 0. The molecule has 0 aromatic carbocycles. The number of carbonyl (C=O) groups excluding carboxylic acids is 1. The van der Waals surface area contributed by atoms with E-state index in [2.05, 4.69) is 5.32 Å². The maximum absolute atomic E-state index is 10.8. The van der Waals surface area contributed by atoms with Crippen LogP contribution in [0.15, 0.2) is 0 Å². The molecule has 62 valence electrons. The molecule has 4 heteroatoms. The van der Waals surface area contributed by atoms with Crippen LogP contribution in [0.4, 0.5) is 0 Å². The summed E-state index contributed by atoms with van der Waals surface area (Å²) in [5, 5.41) is 3.18. The lowest BCUT2D eigenvalue weighted by Crippen LogP contribution is -2.51. The third-order valence-corrected chi connectivity index (χ3v) is 2.06. The first-order valence-corrected chi connectivity index (χ1v) is 3.88. The second kappa shape index (κ2) is 2.79. The minimum absolute atomic E-state index is 0.00231. The number of fused-ring (bicyclic) bond motifs is 1. The highest BCUT2D eigenvalue weighted by Gasteiger charge is 2.33. The molecule has 0 radical (unpaired) electrons. The molecule has 2 unspecified atom stereocenters. The summed E-state index contributed by atoms with van der Waals surface area (Å²) in [5.41, 5.74) is 0. The minimum atomic E-state index is -0.229. The Hall–Kier alpha value is -0.610. The summed E-state index contributed by atoms with van der Waals surface area (Å²) in [4.78, 5) is 10.8. The van der Waals surface area contributed by atoms with Crippen LogP contribution in [0, 0.1) is 0 Å². The third-order valence-electron chi connectivity index (χ3n) is 2.06. The molecule has 2 aliphatic rings. The Bertz CT molecular complexity index is 171. The van der Waals surface area contributed by atoms with Gasteiger partial charge in [-0.15, -0.1) is 0 Å². The zero-order valence-corrected chi connectivity index (χ0v) is 6.21. The smallest absolute Gasteiger partial charge is 0.332 e. The number of carbonyl (C=O) groups is 1. The van der Waals surface area contributed by atoms with Crippen LogP contribution < -0.4 is 5.32 Å². The number of ether oxygens (including phenoxy) is 2. The SMILES string of the molecule is O=C1COC2CNCCC2O1. The van der Waals surface area contributed by atoms with Gasteiger partial charge in [0.2, 0.25) is 0 Å². The molecule has 2 heterocycles. The van der Waals surface area contributed by atoms with Gasteiger partial charge < -0.3 is 14.8 Å². The Morgan fingerprint density at radius 1 is 1.45 bits per heavy atom. The molecular formula is C7H11NO3. The number of piperidine rings is 1. The maximum atomic E-state index is 10.8. The van der Waals surface area contributed by atoms with Gasteiger partial charge in [-0.05, 0) is 13.0 Å². The molecule has 0 saturated carbocycles. The molecule has 0 bridgehead atoms. The van der Waals surface area contributed by atoms with Gasteiger partial charge in [-0.3, -0.25) is 0 Å². The van der Waals surface area contributed by atoms with E-state index in [1.165, 1.54) is 0 Å². The van der Waals surface area contributed by atoms with Crippen LogP contribution in [0.2, 0.25) is 0 Å². The molecule has 2 aliphatic heterocycles. The first-order chi connectivity index (χ1) is 5.36. The van der Waals surface area contributed by atoms with Crippen LogP contribution in [0.25, 0.3) is 0 Å². The second-order valence-corrected chi connectivity index (χ2v) is 2.87. The van der Waals surface area contributed by atoms with Crippen molar-refractivity contribution in [3.63, 3.8) is 0 Å². The fraction of sp³-hybridized carbons (Fsp3) is 0.857. The van der Waals surface area contributed by atoms with Crippen LogP contribution >= 0.6 is 0 Å². The Morgan fingerprint density at radius 3 is 3.27 bits per heavy atom. The largest absolute Gasteiger partial charge is 0.458 e. The molecule has 0 amide bonds. The lowest BCUT2D eigenvalue weighted by molar-refractivity contribution is -0.185. The van der Waals surface area contributed by atoms with Crippen molar-refractivity contribution < 1.29 is 14.3 Å². The number of esters is 1. The standard InChI is InChI=1S/C7H11NO3/c9-7-4-10-6-3-8-2-1-5(6)11-7/h5-6,8H,1-4H2. The minimum Gasteiger partial charge on any atom is -0.458 e. The predicted molar refractivity (Wildman–Crippen MR) is 37.1 cm³/mol. The van der Waals surface area contributed by atoms with Crippen LogP contribution in [-0.2, 0) is 14.3 Å². The van der Waals surface area contributed by atoms with Crippen LogP contribution in [-0.4, -0.2) is 37.9 Å². The number of hydrogen-bond donors (Lipinski definition) is 1. The van der Waals surface area contributed by atoms with Crippen molar-refractivity contribution in [3.05, 3.63) is 0 Å². The topological polar surface area (TPSA) is 47.6 Å². The fourth-order valence-corrected chi connectivity index (χ4v) is 1.48. The van der Waals surface area contributed by atoms with Gasteiger partial charge in [0.25, 0.3) is 0 Å². The van der Waals surface area contributed by atoms with E-state index >= 15 is 0 Å². The first-order valence-electron chi connectivity index (χ1n) is 3.88. The zero-order chi connectivity index (χ0) is 7.68. The maximum Gasteiger partial charge on any atom is 0.332 e. The van der Waals surface area contributed by atoms with Crippen molar-refractivity contribution >= 4 is 5.97 Å². The summed E-state index contributed by atoms with van der Waals surface area (Å²) in [6.45, 7) is 1.83. The van der Waals surface area contributed by atoms with Crippen LogP contribution in [0.5, 0.6) is 0 Å². The summed E-state index contributed by atoms with van der Waals surface area (Å²) in [7, 11) is 0. The number of rotatable bonds is 0. The molecular weight excluding hydrogens is 146 g/mol. The normalized spacial score (nSPS) is 37.6. The molecule has 0 aromatic heterocycles. The lowest BCUT2D eigenvalue weighted by Gasteiger charge is -2.34. The quantitative estimate of drug-likeness (QED) is 0.472. The number of hydrogen-bond acceptors (Lipinski definition) is 4. The zero-order valence-electron chi connectivity index (χ0n) is 6.21. The third kappa shape index (κ3) is 1.36. The Kier molecular flexibility index (Phi) is 1.79. The van der Waals surface area contributed by atoms with E-state index < -0.39 is 0 Å². The van der Waals surface area contributed by atoms with E-state index in [9.17, 15) is 4.79 Å². The van der Waals surface area contributed by atoms with Crippen molar-refractivity contribution in [2.75, 3.05) is 19.7 Å². The molecule has 1 N–H and O–H groups in total. The van der Waals surface area contributed by atoms with E-state index in [1.807, 2.05) is 0 Å². The Morgan fingerprint density at radius 2 is 2.36 bits per heavy atom. The number of nitrogens with one attached hydrogen (secondary N) is 1. The Labute approximate surface area is 64.9 Å². The van der Waals surface area contributed by atoms with E-state index in [0.29, 0.717) is 0 Å². The van der Waals surface area contributed by atoms with Gasteiger partial charge in [-0.1, -0.05) is 0 Å². The van der Waals surface area contributed by atoms with Crippen molar-refractivity contribution in [1.29, 1.82) is 0 Å². The van der Waals surface area contributed by atoms with Crippen LogP contribution in [0.3, 0.4) is 0 Å². The lowest BCUT2D eigenvalue weighted by atomic mass is 10.1. The highest BCUT2D eigenvalue weighted by molar-refractivity contribution is 5.71. The van der Waals surface area contributed by atoms with E-state index in [0.717, 1.165) is 19.5 Å². The summed E-state index contributed by atoms with van der Waals surface area (Å²) >= 11 is 0. The molecule has 2 rings (SSSR count). The van der Waals surface area contributed by atoms with Gasteiger partial charge in [0.15, 0.2) is 0 Å². The summed E-state index contributed by atoms with van der Waals surface area (Å²) < 4.78 is 10.3. The van der Waals surface area contributed by atoms with Crippen molar-refractivity contribution in [1.82, 2.24) is 5.32 Å². The molecule has 4 nitrogen and oxygen atoms in total. The van der Waals surface area contributed by atoms with E-state index in [4.69, 9.17) is 9.47 Å². The van der Waals surface area contributed by atoms with Gasteiger partial charge >= 0.3 is 5.97 Å². The van der Waals surface area contributed by atoms with Crippen molar-refractivity contribution in [2.45, 2.75) is 18.6 Å². The summed E-state index contributed by atoms with van der Waals surface area (Å²) in [6.07, 6.45) is 0.954. The highest BCUT2D eigenvalue weighted by Crippen LogP contribution is 2.16. The highest BCUT2D eigenvalue weighted by atomic mass is 16.6. The Balaban J connectivity index is 1.98. The van der Waals surface area contributed by atoms with Gasteiger partial charge in [-0.25, -0.2) is 4.79 Å². The van der Waals surface area contributed by atoms with E-state index in [-0.39, 0.29) is 24.8 Å². The average Bonchev–Trinajstić information content (AvgIpc) is 2.04. The molecule has 11 heavy (non-hydrogen) atoms. The van der Waals surface area contributed by atoms with Gasteiger partial charge in [0.05, 0.1) is 0 Å². The van der Waals surface area contributed by atoms with E-state index in [1.54, 1.807) is 0 Å². The molecule has 0 aromatic rings. The molecule has 0 spiro atoms. The average molecular weight is 157 g/mol. The first kappa shape index (κ1) is 7.06. The molecule has 2 saturated heterocycles. The molecule has 2 atom stereocenters. The molecule has 0 aliphatic carbocycles. The predicted octanol–water partition coefficient (Wildman–Crippen LogP) is -0.710. The van der Waals surface area contributed by atoms with Gasteiger partial charge in [-0.2, -0.15) is 0 Å². The molecule has 2 fully saturated rings. The fourth-order valence-electron chi connectivity index (χ4n) is 1.48. The van der Waals surface area contributed by atoms with Gasteiger partial charge in [0.1, 0.15) is 18.8 Å². The summed E-state index contributed by atoms with van der Waals surface area (Å²) in [5.74, 6) is -0.229. The second-order valence-electron chi connectivity index (χ2n) is 2.87. The van der Waals surface area contributed by atoms with Gasteiger partial charge in [0, 0.05) is 6.54 Å².